The molecule has 0 heterocycles. The van der Waals surface area contributed by atoms with E-state index in [4.69, 9.17) is 9.47 Å². The second-order valence-corrected chi connectivity index (χ2v) is 8.38. The van der Waals surface area contributed by atoms with Crippen molar-refractivity contribution < 1.29 is 33.5 Å². The third-order valence-electron chi connectivity index (χ3n) is 3.52. The Kier molecular flexibility index (Phi) is 7.49. The molecule has 0 N–H and O–H groups in total. The van der Waals surface area contributed by atoms with E-state index in [1.54, 1.807) is 41.5 Å². The molecule has 0 fully saturated rings. The Morgan fingerprint density at radius 2 is 1.48 bits per heavy atom. The average molecular weight is 409 g/mol. The van der Waals surface area contributed by atoms with Crippen LogP contribution in [0.15, 0.2) is 18.2 Å². The number of nitrogens with zero attached hydrogens (tertiary/aromatic N) is 1. The molecule has 0 amide bonds. The van der Waals surface area contributed by atoms with Gasteiger partial charge in [-0.3, -0.25) is 19.7 Å². The fourth-order valence-corrected chi connectivity index (χ4v) is 2.48. The summed E-state index contributed by atoms with van der Waals surface area (Å²) in [5.41, 5.74) is -2.44. The molecule has 9 heteroatoms. The van der Waals surface area contributed by atoms with Gasteiger partial charge in [-0.2, -0.15) is 0 Å². The van der Waals surface area contributed by atoms with Crippen LogP contribution in [-0.4, -0.2) is 41.1 Å². The maximum Gasteiger partial charge on any atom is 0.345 e. The third kappa shape index (κ3) is 7.17. The Balaban J connectivity index is 3.44. The second-order valence-electron chi connectivity index (χ2n) is 8.38. The molecule has 1 aromatic rings. The average Bonchev–Trinajstić information content (AvgIpc) is 2.55. The molecule has 9 nitrogen and oxygen atoms in total. The van der Waals surface area contributed by atoms with E-state index in [0.717, 1.165) is 13.2 Å². The molecule has 0 atom stereocenters. The second kappa shape index (κ2) is 9.02. The summed E-state index contributed by atoms with van der Waals surface area (Å²) < 4.78 is 15.3. The number of hydrogen-bond acceptors (Lipinski definition) is 8. The van der Waals surface area contributed by atoms with Crippen LogP contribution in [-0.2, 0) is 30.2 Å². The van der Waals surface area contributed by atoms with E-state index in [-0.39, 0.29) is 17.5 Å². The molecule has 0 aliphatic heterocycles. The zero-order chi connectivity index (χ0) is 22.6. The molecule has 160 valence electrons. The highest BCUT2D eigenvalue weighted by molar-refractivity contribution is 5.98. The van der Waals surface area contributed by atoms with Gasteiger partial charge in [-0.15, -0.1) is 0 Å². The lowest BCUT2D eigenvalue weighted by Gasteiger charge is -2.26. The summed E-state index contributed by atoms with van der Waals surface area (Å²) in [6.45, 7) is 9.86. The number of esters is 3. The first-order valence-corrected chi connectivity index (χ1v) is 8.96. The molecule has 1 rings (SSSR count). The summed E-state index contributed by atoms with van der Waals surface area (Å²) in [6.07, 6.45) is -0.323. The zero-order valence-corrected chi connectivity index (χ0v) is 17.7. The summed E-state index contributed by atoms with van der Waals surface area (Å²) in [5, 5.41) is 11.3. The van der Waals surface area contributed by atoms with Crippen LogP contribution in [0, 0.1) is 16.0 Å². The van der Waals surface area contributed by atoms with Crippen LogP contribution in [0.4, 0.5) is 5.69 Å². The molecule has 0 radical (unpaired) electrons. The Bertz CT molecular complexity index is 774. The van der Waals surface area contributed by atoms with Crippen LogP contribution in [0.1, 0.15) is 57.5 Å². The molecule has 29 heavy (non-hydrogen) atoms. The maximum absolute atomic E-state index is 12.7. The van der Waals surface area contributed by atoms with Crippen LogP contribution >= 0.6 is 0 Å². The topological polar surface area (TPSA) is 122 Å². The number of carbonyl (C=O) groups excluding carboxylic acids is 3. The van der Waals surface area contributed by atoms with Crippen molar-refractivity contribution in [3.63, 3.8) is 0 Å². The Morgan fingerprint density at radius 3 is 1.86 bits per heavy atom. The summed E-state index contributed by atoms with van der Waals surface area (Å²) in [7, 11) is 1.09. The summed E-state index contributed by atoms with van der Waals surface area (Å²) in [4.78, 5) is 48.2. The predicted octanol–water partition coefficient (Wildman–Crippen LogP) is 3.22. The van der Waals surface area contributed by atoms with E-state index in [2.05, 4.69) is 4.74 Å². The smallest absolute Gasteiger partial charge is 0.345 e. The molecule has 0 aliphatic rings. The van der Waals surface area contributed by atoms with Crippen LogP contribution in [0.25, 0.3) is 0 Å². The first-order chi connectivity index (χ1) is 13.2. The lowest BCUT2D eigenvalue weighted by molar-refractivity contribution is -0.385. The molecule has 0 unspecified atom stereocenters. The van der Waals surface area contributed by atoms with E-state index in [1.807, 2.05) is 0 Å². The highest BCUT2D eigenvalue weighted by atomic mass is 16.6. The van der Waals surface area contributed by atoms with Crippen LogP contribution < -0.4 is 0 Å². The normalized spacial score (nSPS) is 11.7. The number of benzene rings is 1. The van der Waals surface area contributed by atoms with Gasteiger partial charge in [-0.25, -0.2) is 4.79 Å². The molecule has 1 aromatic carbocycles. The van der Waals surface area contributed by atoms with Crippen molar-refractivity contribution in [3.05, 3.63) is 39.4 Å². The molecule has 0 aliphatic carbocycles. The van der Waals surface area contributed by atoms with Gasteiger partial charge in [0, 0.05) is 6.07 Å². The van der Waals surface area contributed by atoms with Crippen molar-refractivity contribution in [1.82, 2.24) is 0 Å². The molecule has 0 bridgehead atoms. The van der Waals surface area contributed by atoms with Crippen molar-refractivity contribution in [2.45, 2.75) is 59.2 Å². The first-order valence-electron chi connectivity index (χ1n) is 8.96. The van der Waals surface area contributed by atoms with Crippen molar-refractivity contribution in [2.75, 3.05) is 7.11 Å². The van der Waals surface area contributed by atoms with Crippen molar-refractivity contribution in [1.29, 1.82) is 0 Å². The zero-order valence-electron chi connectivity index (χ0n) is 17.7. The summed E-state index contributed by atoms with van der Waals surface area (Å²) in [6, 6.07) is 3.92. The highest BCUT2D eigenvalue weighted by Crippen LogP contribution is 2.27. The Labute approximate surface area is 169 Å². The number of nitro benzene ring substituents is 1. The SMILES string of the molecule is COC(=O)c1c(CC(C(=O)OC(C)(C)C)C(=O)OC(C)(C)C)cccc1[N+](=O)[O-]. The Hall–Kier alpha value is -2.97. The van der Waals surface area contributed by atoms with Crippen LogP contribution in [0.3, 0.4) is 0 Å². The maximum atomic E-state index is 12.7. The fourth-order valence-electron chi connectivity index (χ4n) is 2.48. The van der Waals surface area contributed by atoms with Gasteiger partial charge in [0.1, 0.15) is 16.8 Å². The van der Waals surface area contributed by atoms with Gasteiger partial charge >= 0.3 is 17.9 Å². The molecule has 0 aromatic heterocycles. The number of rotatable bonds is 6. The number of hydrogen-bond donors (Lipinski definition) is 0. The summed E-state index contributed by atoms with van der Waals surface area (Å²) >= 11 is 0. The van der Waals surface area contributed by atoms with Gasteiger partial charge in [0.05, 0.1) is 12.0 Å². The number of ether oxygens (including phenoxy) is 3. The minimum Gasteiger partial charge on any atom is -0.465 e. The minimum atomic E-state index is -1.42. The van der Waals surface area contributed by atoms with Gasteiger partial charge in [0.2, 0.25) is 0 Å². The minimum absolute atomic E-state index is 0.104. The number of methoxy groups -OCH3 is 1. The lowest BCUT2D eigenvalue weighted by Crippen LogP contribution is -2.38. The van der Waals surface area contributed by atoms with Gasteiger partial charge in [-0.1, -0.05) is 12.1 Å². The molecule has 0 saturated heterocycles. The van der Waals surface area contributed by atoms with E-state index < -0.39 is 45.6 Å². The largest absolute Gasteiger partial charge is 0.465 e. The Morgan fingerprint density at radius 1 is 1.00 bits per heavy atom. The van der Waals surface area contributed by atoms with E-state index >= 15 is 0 Å². The lowest BCUT2D eigenvalue weighted by atomic mass is 9.94. The standard InChI is InChI=1S/C20H27NO8/c1-19(2,3)28-16(22)13(17(23)29-20(4,5)6)11-12-9-8-10-14(21(25)26)15(12)18(24)27-7/h8-10,13H,11H2,1-7H3. The van der Waals surface area contributed by atoms with E-state index in [0.29, 0.717) is 0 Å². The molecular formula is C20H27NO8. The van der Waals surface area contributed by atoms with E-state index in [1.165, 1.54) is 12.1 Å². The van der Waals surface area contributed by atoms with Gasteiger partial charge in [-0.05, 0) is 53.5 Å². The summed E-state index contributed by atoms with van der Waals surface area (Å²) in [5.74, 6) is -4.07. The molecular weight excluding hydrogens is 382 g/mol. The highest BCUT2D eigenvalue weighted by Gasteiger charge is 2.37. The quantitative estimate of drug-likeness (QED) is 0.231. The van der Waals surface area contributed by atoms with Crippen LogP contribution in [0.5, 0.6) is 0 Å². The predicted molar refractivity (Wildman–Crippen MR) is 103 cm³/mol. The van der Waals surface area contributed by atoms with Gasteiger partial charge in [0.25, 0.3) is 5.69 Å². The van der Waals surface area contributed by atoms with Gasteiger partial charge < -0.3 is 14.2 Å². The van der Waals surface area contributed by atoms with Crippen molar-refractivity contribution in [2.24, 2.45) is 5.92 Å². The monoisotopic (exact) mass is 409 g/mol. The number of carbonyl (C=O) groups is 3. The van der Waals surface area contributed by atoms with Crippen molar-refractivity contribution >= 4 is 23.6 Å². The van der Waals surface area contributed by atoms with Crippen LogP contribution in [0.2, 0.25) is 0 Å². The van der Waals surface area contributed by atoms with Gasteiger partial charge in [0.15, 0.2) is 5.92 Å². The number of nitro groups is 1. The third-order valence-corrected chi connectivity index (χ3v) is 3.52. The molecule has 0 saturated carbocycles. The van der Waals surface area contributed by atoms with E-state index in [9.17, 15) is 24.5 Å². The fraction of sp³-hybridized carbons (Fsp3) is 0.550. The first kappa shape index (κ1) is 24.1. The molecule has 0 spiro atoms. The van der Waals surface area contributed by atoms with Crippen molar-refractivity contribution in [3.8, 4) is 0 Å².